The molecule has 1 heterocycles. The summed E-state index contributed by atoms with van der Waals surface area (Å²) >= 11 is 11.6. The van der Waals surface area contributed by atoms with Crippen LogP contribution in [-0.2, 0) is 6.61 Å². The third kappa shape index (κ3) is 3.44. The Morgan fingerprint density at radius 3 is 2.84 bits per heavy atom. The predicted octanol–water partition coefficient (Wildman–Crippen LogP) is 3.13. The van der Waals surface area contributed by atoms with Crippen LogP contribution in [-0.4, -0.2) is 16.0 Å². The highest BCUT2D eigenvalue weighted by Crippen LogP contribution is 2.20. The maximum absolute atomic E-state index is 12.0. The van der Waals surface area contributed by atoms with Gasteiger partial charge in [-0.1, -0.05) is 35.3 Å². The van der Waals surface area contributed by atoms with Crippen LogP contribution in [0.3, 0.4) is 0 Å². The second kappa shape index (κ2) is 6.02. The highest BCUT2D eigenvalue weighted by Gasteiger charge is 2.12. The Morgan fingerprint density at radius 1 is 1.32 bits per heavy atom. The third-order valence-electron chi connectivity index (χ3n) is 2.43. The average Bonchev–Trinajstić information content (AvgIpc) is 2.41. The Labute approximate surface area is 120 Å². The summed E-state index contributed by atoms with van der Waals surface area (Å²) in [6.07, 6.45) is 1.32. The fourth-order valence-electron chi connectivity index (χ4n) is 1.53. The number of benzene rings is 1. The van der Waals surface area contributed by atoms with Crippen molar-refractivity contribution in [2.75, 3.05) is 5.32 Å². The molecule has 1 amide bonds. The topological polar surface area (TPSA) is 62.2 Å². The minimum absolute atomic E-state index is 0.0917. The summed E-state index contributed by atoms with van der Waals surface area (Å²) in [7, 11) is 0. The first-order chi connectivity index (χ1) is 9.10. The minimum Gasteiger partial charge on any atom is -0.392 e. The number of rotatable bonds is 3. The van der Waals surface area contributed by atoms with Gasteiger partial charge < -0.3 is 10.4 Å². The molecule has 0 aliphatic carbocycles. The summed E-state index contributed by atoms with van der Waals surface area (Å²) in [5.74, 6) is -0.385. The molecule has 98 valence electrons. The molecule has 0 saturated carbocycles. The van der Waals surface area contributed by atoms with Crippen LogP contribution >= 0.6 is 23.2 Å². The van der Waals surface area contributed by atoms with Crippen molar-refractivity contribution in [1.82, 2.24) is 4.98 Å². The number of amides is 1. The number of aromatic nitrogens is 1. The van der Waals surface area contributed by atoms with E-state index >= 15 is 0 Å². The van der Waals surface area contributed by atoms with Crippen molar-refractivity contribution < 1.29 is 9.90 Å². The number of halogens is 2. The van der Waals surface area contributed by atoms with Crippen LogP contribution in [0.5, 0.6) is 0 Å². The molecule has 4 nitrogen and oxygen atoms in total. The molecule has 0 fully saturated rings. The van der Waals surface area contributed by atoms with E-state index in [0.717, 1.165) is 0 Å². The van der Waals surface area contributed by atoms with Gasteiger partial charge >= 0.3 is 0 Å². The Hall–Kier alpha value is -1.62. The maximum Gasteiger partial charge on any atom is 0.257 e. The van der Waals surface area contributed by atoms with Gasteiger partial charge in [-0.15, -0.1) is 0 Å². The number of aliphatic hydroxyl groups excluding tert-OH is 1. The molecular formula is C13H10Cl2N2O2. The normalized spacial score (nSPS) is 10.3. The van der Waals surface area contributed by atoms with Gasteiger partial charge in [0.2, 0.25) is 0 Å². The van der Waals surface area contributed by atoms with E-state index in [9.17, 15) is 4.79 Å². The highest BCUT2D eigenvalue weighted by atomic mass is 35.5. The number of hydrogen-bond donors (Lipinski definition) is 2. The van der Waals surface area contributed by atoms with Gasteiger partial charge in [-0.25, -0.2) is 4.98 Å². The van der Waals surface area contributed by atoms with E-state index in [4.69, 9.17) is 28.3 Å². The monoisotopic (exact) mass is 296 g/mol. The predicted molar refractivity (Wildman–Crippen MR) is 74.6 cm³/mol. The van der Waals surface area contributed by atoms with Gasteiger partial charge in [-0.05, 0) is 23.8 Å². The minimum atomic E-state index is -0.385. The van der Waals surface area contributed by atoms with Crippen LogP contribution in [0.15, 0.2) is 36.5 Å². The van der Waals surface area contributed by atoms with Crippen LogP contribution in [0.1, 0.15) is 15.9 Å². The summed E-state index contributed by atoms with van der Waals surface area (Å²) in [5.41, 5.74) is 1.52. The molecule has 1 aromatic heterocycles. The molecule has 0 aliphatic heterocycles. The van der Waals surface area contributed by atoms with Crippen molar-refractivity contribution in [3.05, 3.63) is 57.8 Å². The van der Waals surface area contributed by atoms with Crippen molar-refractivity contribution in [3.63, 3.8) is 0 Å². The zero-order valence-corrected chi connectivity index (χ0v) is 11.2. The number of aliphatic hydroxyl groups is 1. The van der Waals surface area contributed by atoms with E-state index in [1.54, 1.807) is 24.3 Å². The molecule has 2 N–H and O–H groups in total. The number of carbonyl (C=O) groups excluding carboxylic acids is 1. The van der Waals surface area contributed by atoms with Crippen molar-refractivity contribution in [1.29, 1.82) is 0 Å². The molecule has 0 bridgehead atoms. The van der Waals surface area contributed by atoms with Gasteiger partial charge in [-0.3, -0.25) is 4.79 Å². The number of nitrogens with one attached hydrogen (secondary N) is 1. The van der Waals surface area contributed by atoms with Crippen LogP contribution in [0, 0.1) is 0 Å². The fraction of sp³-hybridized carbons (Fsp3) is 0.0769. The van der Waals surface area contributed by atoms with E-state index in [0.29, 0.717) is 11.3 Å². The standard InChI is InChI=1S/C13H10Cl2N2O2/c14-11-6-16-12(15)5-10(11)13(19)17-9-3-1-2-8(4-9)7-18/h1-6,18H,7H2,(H,17,19). The summed E-state index contributed by atoms with van der Waals surface area (Å²) in [6, 6.07) is 8.28. The lowest BCUT2D eigenvalue weighted by Gasteiger charge is -2.07. The quantitative estimate of drug-likeness (QED) is 0.856. The Bertz CT molecular complexity index is 617. The molecule has 0 saturated heterocycles. The largest absolute Gasteiger partial charge is 0.392 e. The SMILES string of the molecule is O=C(Nc1cccc(CO)c1)c1cc(Cl)ncc1Cl. The highest BCUT2D eigenvalue weighted by molar-refractivity contribution is 6.35. The lowest BCUT2D eigenvalue weighted by atomic mass is 10.2. The van der Waals surface area contributed by atoms with E-state index in [1.165, 1.54) is 12.3 Å². The van der Waals surface area contributed by atoms with Gasteiger partial charge in [0.15, 0.2) is 0 Å². The molecule has 0 atom stereocenters. The van der Waals surface area contributed by atoms with E-state index in [-0.39, 0.29) is 28.3 Å². The molecule has 2 rings (SSSR count). The third-order valence-corrected chi connectivity index (χ3v) is 2.94. The van der Waals surface area contributed by atoms with Crippen molar-refractivity contribution in [2.45, 2.75) is 6.61 Å². The molecule has 19 heavy (non-hydrogen) atoms. The first kappa shape index (κ1) is 13.8. The number of nitrogens with zero attached hydrogens (tertiary/aromatic N) is 1. The van der Waals surface area contributed by atoms with Gasteiger partial charge in [0, 0.05) is 11.9 Å². The summed E-state index contributed by atoms with van der Waals surface area (Å²) in [6.45, 7) is -0.0917. The number of pyridine rings is 1. The fourth-order valence-corrected chi connectivity index (χ4v) is 1.88. The Kier molecular flexibility index (Phi) is 4.37. The van der Waals surface area contributed by atoms with E-state index < -0.39 is 0 Å². The van der Waals surface area contributed by atoms with Gasteiger partial charge in [0.05, 0.1) is 17.2 Å². The smallest absolute Gasteiger partial charge is 0.257 e. The second-order valence-corrected chi connectivity index (χ2v) is 4.59. The first-order valence-corrected chi connectivity index (χ1v) is 6.18. The van der Waals surface area contributed by atoms with Crippen molar-refractivity contribution in [2.24, 2.45) is 0 Å². The molecule has 2 aromatic rings. The van der Waals surface area contributed by atoms with Crippen molar-refractivity contribution >= 4 is 34.8 Å². The molecule has 0 aliphatic rings. The van der Waals surface area contributed by atoms with Crippen molar-refractivity contribution in [3.8, 4) is 0 Å². The number of hydrogen-bond acceptors (Lipinski definition) is 3. The summed E-state index contributed by atoms with van der Waals surface area (Å²) in [4.78, 5) is 15.8. The second-order valence-electron chi connectivity index (χ2n) is 3.80. The zero-order valence-electron chi connectivity index (χ0n) is 9.73. The number of carbonyl (C=O) groups is 1. The molecule has 0 spiro atoms. The van der Waals surface area contributed by atoms with E-state index in [2.05, 4.69) is 10.3 Å². The maximum atomic E-state index is 12.0. The lowest BCUT2D eigenvalue weighted by Crippen LogP contribution is -2.13. The van der Waals surface area contributed by atoms with Gasteiger partial charge in [-0.2, -0.15) is 0 Å². The molecule has 0 unspecified atom stereocenters. The van der Waals surface area contributed by atoms with Crippen LogP contribution in [0.25, 0.3) is 0 Å². The zero-order chi connectivity index (χ0) is 13.8. The molecular weight excluding hydrogens is 287 g/mol. The lowest BCUT2D eigenvalue weighted by molar-refractivity contribution is 0.102. The summed E-state index contributed by atoms with van der Waals surface area (Å²) in [5, 5.41) is 12.1. The van der Waals surface area contributed by atoms with Gasteiger partial charge in [0.25, 0.3) is 5.91 Å². The average molecular weight is 297 g/mol. The van der Waals surface area contributed by atoms with Crippen LogP contribution in [0.2, 0.25) is 10.2 Å². The van der Waals surface area contributed by atoms with E-state index in [1.807, 2.05) is 0 Å². The van der Waals surface area contributed by atoms with Gasteiger partial charge in [0.1, 0.15) is 5.15 Å². The summed E-state index contributed by atoms with van der Waals surface area (Å²) < 4.78 is 0. The Morgan fingerprint density at radius 2 is 2.11 bits per heavy atom. The van der Waals surface area contributed by atoms with Crippen LogP contribution < -0.4 is 5.32 Å². The van der Waals surface area contributed by atoms with Crippen LogP contribution in [0.4, 0.5) is 5.69 Å². The first-order valence-electron chi connectivity index (χ1n) is 5.42. The molecule has 6 heteroatoms. The Balaban J connectivity index is 2.23. The number of anilines is 1. The molecule has 1 aromatic carbocycles. The molecule has 0 radical (unpaired) electrons.